The molecule has 81 heavy (non-hydrogen) atoms. The van der Waals surface area contributed by atoms with Crippen LogP contribution in [0.3, 0.4) is 0 Å². The SMILES string of the molecule is CC/C=C\C/C=C\C/C=C\C/C=C\C/C=C\C/C=C\C/C=C\C/C=C\C/C=C\CCCCCCCCCC(=O)OC(COC(=O)CCCCCCCC/C=C\C/C=C\C/C=C\CCCCCCC)COC(OCC[N+](C)(C)C)C(=O)[O-]. The highest BCUT2D eigenvalue weighted by Gasteiger charge is 2.22. The van der Waals surface area contributed by atoms with Crippen LogP contribution in [0.15, 0.2) is 146 Å². The van der Waals surface area contributed by atoms with Gasteiger partial charge in [0.05, 0.1) is 40.3 Å². The second kappa shape index (κ2) is 61.2. The van der Waals surface area contributed by atoms with Crippen LogP contribution in [-0.2, 0) is 33.3 Å². The number of nitrogens with zero attached hydrogens (tertiary/aromatic N) is 1. The number of rotatable bonds is 57. The minimum atomic E-state index is -1.64. The highest BCUT2D eigenvalue weighted by Crippen LogP contribution is 2.14. The summed E-state index contributed by atoms with van der Waals surface area (Å²) < 4.78 is 22.7. The number of unbranched alkanes of at least 4 members (excludes halogenated alkanes) is 18. The Morgan fingerprint density at radius 3 is 1.05 bits per heavy atom. The van der Waals surface area contributed by atoms with E-state index in [0.717, 1.165) is 135 Å². The lowest BCUT2D eigenvalue weighted by Crippen LogP contribution is -2.44. The zero-order valence-electron chi connectivity index (χ0n) is 52.1. The van der Waals surface area contributed by atoms with Gasteiger partial charge < -0.3 is 33.3 Å². The van der Waals surface area contributed by atoms with Gasteiger partial charge in [0, 0.05) is 12.8 Å². The fourth-order valence-corrected chi connectivity index (χ4v) is 8.18. The summed E-state index contributed by atoms with van der Waals surface area (Å²) in [5.74, 6) is -2.33. The number of aliphatic carboxylic acids is 1. The second-order valence-electron chi connectivity index (χ2n) is 22.0. The number of hydrogen-bond acceptors (Lipinski definition) is 8. The summed E-state index contributed by atoms with van der Waals surface area (Å²) in [6.45, 7) is 4.58. The van der Waals surface area contributed by atoms with Gasteiger partial charge in [-0.2, -0.15) is 0 Å². The lowest BCUT2D eigenvalue weighted by molar-refractivity contribution is -0.870. The Balaban J connectivity index is 4.28. The van der Waals surface area contributed by atoms with E-state index >= 15 is 0 Å². The summed E-state index contributed by atoms with van der Waals surface area (Å²) in [4.78, 5) is 37.4. The van der Waals surface area contributed by atoms with Crippen LogP contribution in [0.4, 0.5) is 0 Å². The molecule has 458 valence electrons. The molecule has 0 heterocycles. The van der Waals surface area contributed by atoms with Crippen molar-refractivity contribution in [1.29, 1.82) is 0 Å². The van der Waals surface area contributed by atoms with Crippen molar-refractivity contribution in [3.8, 4) is 0 Å². The van der Waals surface area contributed by atoms with Gasteiger partial charge in [-0.25, -0.2) is 0 Å². The van der Waals surface area contributed by atoms with Crippen molar-refractivity contribution in [3.05, 3.63) is 146 Å². The molecule has 0 saturated carbocycles. The maximum absolute atomic E-state index is 12.9. The van der Waals surface area contributed by atoms with Crippen LogP contribution >= 0.6 is 0 Å². The molecule has 0 radical (unpaired) electrons. The maximum atomic E-state index is 12.9. The summed E-state index contributed by atoms with van der Waals surface area (Å²) >= 11 is 0. The van der Waals surface area contributed by atoms with Crippen molar-refractivity contribution < 1.29 is 42.9 Å². The van der Waals surface area contributed by atoms with E-state index in [1.54, 1.807) is 0 Å². The van der Waals surface area contributed by atoms with Crippen molar-refractivity contribution in [2.45, 2.75) is 245 Å². The van der Waals surface area contributed by atoms with E-state index in [1.807, 2.05) is 21.1 Å². The van der Waals surface area contributed by atoms with Crippen LogP contribution in [0.2, 0.25) is 0 Å². The molecule has 0 spiro atoms. The molecule has 2 unspecified atom stereocenters. The summed E-state index contributed by atoms with van der Waals surface area (Å²) in [6, 6.07) is 0. The molecule has 2 atom stereocenters. The Bertz CT molecular complexity index is 1840. The first-order valence-corrected chi connectivity index (χ1v) is 32.0. The van der Waals surface area contributed by atoms with Crippen LogP contribution in [0.25, 0.3) is 0 Å². The van der Waals surface area contributed by atoms with Gasteiger partial charge in [0.15, 0.2) is 12.4 Å². The molecule has 0 amide bonds. The molecule has 0 bridgehead atoms. The summed E-state index contributed by atoms with van der Waals surface area (Å²) in [7, 11) is 5.91. The molecule has 0 aliphatic carbocycles. The smallest absolute Gasteiger partial charge is 0.306 e. The van der Waals surface area contributed by atoms with E-state index in [1.165, 1.54) is 57.8 Å². The molecule has 0 N–H and O–H groups in total. The molecule has 9 heteroatoms. The molecule has 9 nitrogen and oxygen atoms in total. The van der Waals surface area contributed by atoms with E-state index < -0.39 is 24.3 Å². The van der Waals surface area contributed by atoms with E-state index in [2.05, 4.69) is 160 Å². The van der Waals surface area contributed by atoms with Crippen molar-refractivity contribution in [3.63, 3.8) is 0 Å². The Labute approximate surface area is 496 Å². The van der Waals surface area contributed by atoms with Gasteiger partial charge in [0.2, 0.25) is 0 Å². The van der Waals surface area contributed by atoms with Gasteiger partial charge in [-0.15, -0.1) is 0 Å². The zero-order chi connectivity index (χ0) is 59.1. The van der Waals surface area contributed by atoms with Crippen LogP contribution in [0.1, 0.15) is 232 Å². The highest BCUT2D eigenvalue weighted by molar-refractivity contribution is 5.70. The zero-order valence-corrected chi connectivity index (χ0v) is 52.1. The van der Waals surface area contributed by atoms with Gasteiger partial charge in [0.25, 0.3) is 0 Å². The summed E-state index contributed by atoms with van der Waals surface area (Å²) in [5, 5.41) is 11.8. The predicted octanol–water partition coefficient (Wildman–Crippen LogP) is 18.2. The Morgan fingerprint density at radius 1 is 0.383 bits per heavy atom. The first-order valence-electron chi connectivity index (χ1n) is 32.0. The summed E-state index contributed by atoms with van der Waals surface area (Å²) in [5.41, 5.74) is 0. The number of allylic oxidation sites excluding steroid dienone is 24. The Kier molecular flexibility index (Phi) is 57.6. The van der Waals surface area contributed by atoms with E-state index in [0.29, 0.717) is 23.9 Å². The fraction of sp³-hybridized carbons (Fsp3) is 0.625. The largest absolute Gasteiger partial charge is 0.545 e. The molecular weight excluding hydrogens is 1010 g/mol. The third-order valence-electron chi connectivity index (χ3n) is 13.1. The number of hydrogen-bond donors (Lipinski definition) is 0. The number of quaternary nitrogens is 1. The number of carboxylic acids is 1. The Hall–Kier alpha value is -4.83. The van der Waals surface area contributed by atoms with Crippen LogP contribution < -0.4 is 5.11 Å². The minimum Gasteiger partial charge on any atom is -0.545 e. The second-order valence-corrected chi connectivity index (χ2v) is 22.0. The van der Waals surface area contributed by atoms with E-state index in [9.17, 15) is 19.5 Å². The molecule has 0 rings (SSSR count). The van der Waals surface area contributed by atoms with Gasteiger partial charge >= 0.3 is 11.9 Å². The molecule has 0 aliphatic heterocycles. The Morgan fingerprint density at radius 2 is 0.704 bits per heavy atom. The molecule has 0 saturated heterocycles. The maximum Gasteiger partial charge on any atom is 0.306 e. The van der Waals surface area contributed by atoms with E-state index in [-0.39, 0.29) is 38.6 Å². The van der Waals surface area contributed by atoms with Gasteiger partial charge in [-0.1, -0.05) is 243 Å². The number of ether oxygens (including phenoxy) is 4. The molecule has 0 aliphatic rings. The van der Waals surface area contributed by atoms with Gasteiger partial charge in [-0.3, -0.25) is 9.59 Å². The third-order valence-corrected chi connectivity index (χ3v) is 13.1. The number of esters is 2. The minimum absolute atomic E-state index is 0.135. The highest BCUT2D eigenvalue weighted by atomic mass is 16.7. The molecular formula is C72H117NO8. The lowest BCUT2D eigenvalue weighted by atomic mass is 10.1. The predicted molar refractivity (Wildman–Crippen MR) is 342 cm³/mol. The average Bonchev–Trinajstić information content (AvgIpc) is 3.44. The van der Waals surface area contributed by atoms with Crippen molar-refractivity contribution in [2.75, 3.05) is 47.5 Å². The molecule has 0 aromatic carbocycles. The average molecular weight is 1120 g/mol. The third kappa shape index (κ3) is 62.6. The monoisotopic (exact) mass is 1120 g/mol. The van der Waals surface area contributed by atoms with Crippen molar-refractivity contribution >= 4 is 17.9 Å². The van der Waals surface area contributed by atoms with Crippen LogP contribution in [0, 0.1) is 0 Å². The lowest BCUT2D eigenvalue weighted by Gasteiger charge is -2.26. The number of carbonyl (C=O) groups excluding carboxylic acids is 3. The van der Waals surface area contributed by atoms with E-state index in [4.69, 9.17) is 18.9 Å². The van der Waals surface area contributed by atoms with Crippen molar-refractivity contribution in [2.24, 2.45) is 0 Å². The number of likely N-dealkylation sites (N-methyl/N-ethyl adjacent to an activating group) is 1. The number of carboxylic acid groups (broad SMARTS) is 1. The van der Waals surface area contributed by atoms with Crippen LogP contribution in [-0.4, -0.2) is 82.3 Å². The molecule has 0 aromatic rings. The quantitative estimate of drug-likeness (QED) is 0.0195. The molecule has 0 fully saturated rings. The normalized spacial score (nSPS) is 13.7. The number of carbonyl (C=O) groups is 3. The van der Waals surface area contributed by atoms with Crippen LogP contribution in [0.5, 0.6) is 0 Å². The van der Waals surface area contributed by atoms with Gasteiger partial charge in [0.1, 0.15) is 13.2 Å². The standard InChI is InChI=1S/C72H117NO8/c1-6-8-10-12-14-16-18-20-22-24-26-28-29-30-31-32-33-34-35-36-37-38-39-40-41-43-45-47-49-51-53-55-57-59-61-63-70(75)81-68(67-80-72(71(76)77)78-65-64-73(3,4)5)66-79-69(74)62-60-58-56-54-52-50-48-46-44-42-27-25-23-21-19-17-15-13-11-9-7-2/h8,10,14,16,19-22,25-28,30-31,33-34,36-37,39-40,43-46,68,72H,6-7,9,11-13,15,17-18,23-24,29,32,35,38,41-42,47-67H2,1-5H3/b10-8-,16-14-,21-19-,22-20-,27-25-,28-26-,31-30-,34-33-,37-36-,40-39-,45-43-,46-44-. The summed E-state index contributed by atoms with van der Waals surface area (Å²) in [6.07, 6.45) is 86.1. The molecule has 0 aromatic heterocycles. The first-order chi connectivity index (χ1) is 39.6. The fourth-order valence-electron chi connectivity index (χ4n) is 8.18. The van der Waals surface area contributed by atoms with Gasteiger partial charge in [-0.05, 0) is 122 Å². The first kappa shape index (κ1) is 76.2. The topological polar surface area (TPSA) is 111 Å². The van der Waals surface area contributed by atoms with Crippen molar-refractivity contribution in [1.82, 2.24) is 0 Å².